The van der Waals surface area contributed by atoms with E-state index in [1.807, 2.05) is 18.5 Å². The van der Waals surface area contributed by atoms with Crippen LogP contribution in [0.5, 0.6) is 5.75 Å². The Hall–Kier alpha value is -1.75. The van der Waals surface area contributed by atoms with Gasteiger partial charge in [-0.05, 0) is 19.1 Å². The van der Waals surface area contributed by atoms with Crippen LogP contribution in [0.15, 0.2) is 18.2 Å². The van der Waals surface area contributed by atoms with Gasteiger partial charge in [-0.2, -0.15) is 0 Å². The standard InChI is InChI=1S/C11H13ClN4O/c1-7-14-15-11(16(7)2)6-17-10-5-8(12)3-4-9(10)13/h3-5H,6,13H2,1-2H3. The van der Waals surface area contributed by atoms with Gasteiger partial charge in [0.1, 0.15) is 18.2 Å². The number of halogens is 1. The highest BCUT2D eigenvalue weighted by Gasteiger charge is 2.07. The predicted molar refractivity (Wildman–Crippen MR) is 65.9 cm³/mol. The van der Waals surface area contributed by atoms with E-state index in [9.17, 15) is 0 Å². The second-order valence-corrected chi connectivity index (χ2v) is 4.13. The van der Waals surface area contributed by atoms with Crippen LogP contribution in [0.25, 0.3) is 0 Å². The smallest absolute Gasteiger partial charge is 0.170 e. The molecule has 0 radical (unpaired) electrons. The molecule has 1 heterocycles. The fraction of sp³-hybridized carbons (Fsp3) is 0.273. The van der Waals surface area contributed by atoms with Crippen LogP contribution in [0.1, 0.15) is 11.6 Å². The molecule has 17 heavy (non-hydrogen) atoms. The second kappa shape index (κ2) is 4.63. The minimum atomic E-state index is 0.307. The number of hydrogen-bond acceptors (Lipinski definition) is 4. The van der Waals surface area contributed by atoms with Crippen LogP contribution in [0.3, 0.4) is 0 Å². The summed E-state index contributed by atoms with van der Waals surface area (Å²) in [6, 6.07) is 5.11. The molecule has 0 aliphatic heterocycles. The summed E-state index contributed by atoms with van der Waals surface area (Å²) in [4.78, 5) is 0. The lowest BCUT2D eigenvalue weighted by molar-refractivity contribution is 0.292. The van der Waals surface area contributed by atoms with Gasteiger partial charge in [0.2, 0.25) is 0 Å². The third-order valence-electron chi connectivity index (χ3n) is 2.52. The summed E-state index contributed by atoms with van der Waals surface area (Å²) >= 11 is 5.87. The summed E-state index contributed by atoms with van der Waals surface area (Å²) < 4.78 is 7.43. The van der Waals surface area contributed by atoms with Crippen LogP contribution in [-0.4, -0.2) is 14.8 Å². The highest BCUT2D eigenvalue weighted by Crippen LogP contribution is 2.25. The van der Waals surface area contributed by atoms with Crippen molar-refractivity contribution in [2.75, 3.05) is 5.73 Å². The molecule has 2 rings (SSSR count). The average Bonchev–Trinajstić information content (AvgIpc) is 2.62. The molecule has 0 fully saturated rings. The molecule has 0 saturated carbocycles. The van der Waals surface area contributed by atoms with Gasteiger partial charge in [-0.25, -0.2) is 0 Å². The molecule has 0 aliphatic carbocycles. The maximum absolute atomic E-state index is 5.87. The number of rotatable bonds is 3. The van der Waals surface area contributed by atoms with Gasteiger partial charge in [0.05, 0.1) is 5.69 Å². The lowest BCUT2D eigenvalue weighted by atomic mass is 10.3. The van der Waals surface area contributed by atoms with Gasteiger partial charge >= 0.3 is 0 Å². The SMILES string of the molecule is Cc1nnc(COc2cc(Cl)ccc2N)n1C. The molecule has 0 saturated heterocycles. The Bertz CT molecular complexity index is 538. The van der Waals surface area contributed by atoms with Crippen molar-refractivity contribution in [3.8, 4) is 5.75 Å². The molecule has 0 aliphatic rings. The summed E-state index contributed by atoms with van der Waals surface area (Å²) in [5, 5.41) is 8.53. The van der Waals surface area contributed by atoms with E-state index in [1.165, 1.54) is 0 Å². The third kappa shape index (κ3) is 2.50. The average molecular weight is 253 g/mol. The second-order valence-electron chi connectivity index (χ2n) is 3.69. The lowest BCUT2D eigenvalue weighted by Crippen LogP contribution is -2.05. The van der Waals surface area contributed by atoms with E-state index < -0.39 is 0 Å². The van der Waals surface area contributed by atoms with Gasteiger partial charge < -0.3 is 15.0 Å². The zero-order valence-electron chi connectivity index (χ0n) is 9.64. The Kier molecular flexibility index (Phi) is 3.19. The Morgan fingerprint density at radius 3 is 2.82 bits per heavy atom. The van der Waals surface area contributed by atoms with Gasteiger partial charge in [-0.1, -0.05) is 11.6 Å². The van der Waals surface area contributed by atoms with Crippen molar-refractivity contribution in [3.63, 3.8) is 0 Å². The Labute approximate surface area is 104 Å². The Morgan fingerprint density at radius 1 is 1.41 bits per heavy atom. The van der Waals surface area contributed by atoms with Gasteiger partial charge in [-0.3, -0.25) is 0 Å². The molecule has 0 unspecified atom stereocenters. The molecule has 1 aromatic heterocycles. The minimum Gasteiger partial charge on any atom is -0.483 e. The van der Waals surface area contributed by atoms with Gasteiger partial charge in [-0.15, -0.1) is 10.2 Å². The van der Waals surface area contributed by atoms with Crippen molar-refractivity contribution in [2.24, 2.45) is 7.05 Å². The van der Waals surface area contributed by atoms with Crippen molar-refractivity contribution in [2.45, 2.75) is 13.5 Å². The highest BCUT2D eigenvalue weighted by molar-refractivity contribution is 6.30. The molecule has 6 heteroatoms. The van der Waals surface area contributed by atoms with Gasteiger partial charge in [0, 0.05) is 18.1 Å². The maximum Gasteiger partial charge on any atom is 0.170 e. The third-order valence-corrected chi connectivity index (χ3v) is 2.75. The molecule has 1 aromatic carbocycles. The number of hydrogen-bond donors (Lipinski definition) is 1. The molecule has 90 valence electrons. The molecule has 0 spiro atoms. The van der Waals surface area contributed by atoms with Crippen LogP contribution >= 0.6 is 11.6 Å². The van der Waals surface area contributed by atoms with Crippen molar-refractivity contribution in [1.29, 1.82) is 0 Å². The van der Waals surface area contributed by atoms with Crippen LogP contribution in [0.2, 0.25) is 5.02 Å². The van der Waals surface area contributed by atoms with E-state index in [-0.39, 0.29) is 0 Å². The first-order valence-corrected chi connectivity index (χ1v) is 5.48. The van der Waals surface area contributed by atoms with E-state index in [1.54, 1.807) is 18.2 Å². The van der Waals surface area contributed by atoms with Gasteiger partial charge in [0.25, 0.3) is 0 Å². The maximum atomic E-state index is 5.87. The molecular weight excluding hydrogens is 240 g/mol. The van der Waals surface area contributed by atoms with Crippen LogP contribution in [0.4, 0.5) is 5.69 Å². The van der Waals surface area contributed by atoms with Crippen molar-refractivity contribution in [3.05, 3.63) is 34.9 Å². The van der Waals surface area contributed by atoms with Gasteiger partial charge in [0.15, 0.2) is 5.82 Å². The number of nitrogens with two attached hydrogens (primary N) is 1. The van der Waals surface area contributed by atoms with E-state index in [2.05, 4.69) is 10.2 Å². The number of nitrogen functional groups attached to an aromatic ring is 1. The summed E-state index contributed by atoms with van der Waals surface area (Å²) in [6.07, 6.45) is 0. The monoisotopic (exact) mass is 252 g/mol. The predicted octanol–water partition coefficient (Wildman–Crippen LogP) is 1.94. The number of nitrogens with zero attached hydrogens (tertiary/aromatic N) is 3. The minimum absolute atomic E-state index is 0.307. The number of benzene rings is 1. The molecule has 2 aromatic rings. The van der Waals surface area contributed by atoms with E-state index in [4.69, 9.17) is 22.1 Å². The van der Waals surface area contributed by atoms with E-state index in [0.29, 0.717) is 23.1 Å². The molecule has 0 amide bonds. The van der Waals surface area contributed by atoms with E-state index >= 15 is 0 Å². The number of ether oxygens (including phenoxy) is 1. The quantitative estimate of drug-likeness (QED) is 0.848. The van der Waals surface area contributed by atoms with Crippen molar-refractivity contribution in [1.82, 2.24) is 14.8 Å². The zero-order valence-corrected chi connectivity index (χ0v) is 10.4. The first-order valence-electron chi connectivity index (χ1n) is 5.10. The van der Waals surface area contributed by atoms with Crippen molar-refractivity contribution >= 4 is 17.3 Å². The molecular formula is C11H13ClN4O. The number of aryl methyl sites for hydroxylation is 1. The molecule has 5 nitrogen and oxygen atoms in total. The first kappa shape index (κ1) is 11.7. The fourth-order valence-corrected chi connectivity index (χ4v) is 1.51. The summed E-state index contributed by atoms with van der Waals surface area (Å²) in [6.45, 7) is 2.19. The zero-order chi connectivity index (χ0) is 12.4. The summed E-state index contributed by atoms with van der Waals surface area (Å²) in [5.74, 6) is 2.13. The lowest BCUT2D eigenvalue weighted by Gasteiger charge is -2.08. The van der Waals surface area contributed by atoms with Crippen LogP contribution in [-0.2, 0) is 13.7 Å². The first-order chi connectivity index (χ1) is 8.08. The fourth-order valence-electron chi connectivity index (χ4n) is 1.35. The normalized spacial score (nSPS) is 10.5. The Morgan fingerprint density at radius 2 is 2.18 bits per heavy atom. The van der Waals surface area contributed by atoms with Crippen molar-refractivity contribution < 1.29 is 4.74 Å². The molecule has 2 N–H and O–H groups in total. The van der Waals surface area contributed by atoms with Crippen LogP contribution in [0, 0.1) is 6.92 Å². The molecule has 0 atom stereocenters. The molecule has 0 bridgehead atoms. The summed E-state index contributed by atoms with van der Waals surface area (Å²) in [5.41, 5.74) is 6.32. The topological polar surface area (TPSA) is 66.0 Å². The highest BCUT2D eigenvalue weighted by atomic mass is 35.5. The summed E-state index contributed by atoms with van der Waals surface area (Å²) in [7, 11) is 1.88. The van der Waals surface area contributed by atoms with Crippen LogP contribution < -0.4 is 10.5 Å². The number of anilines is 1. The van der Waals surface area contributed by atoms with E-state index in [0.717, 1.165) is 11.6 Å². The Balaban J connectivity index is 2.12. The largest absolute Gasteiger partial charge is 0.483 e. The number of aromatic nitrogens is 3.